The molecule has 4 nitrogen and oxygen atoms in total. The summed E-state index contributed by atoms with van der Waals surface area (Å²) < 4.78 is 27.4. The first kappa shape index (κ1) is 15.9. The third-order valence-electron chi connectivity index (χ3n) is 4.18. The fourth-order valence-corrected chi connectivity index (χ4v) is 4.16. The van der Waals surface area contributed by atoms with Crippen molar-refractivity contribution in [1.82, 2.24) is 0 Å². The van der Waals surface area contributed by atoms with Crippen LogP contribution in [0.3, 0.4) is 0 Å². The molecule has 5 heteroatoms. The second-order valence-corrected chi connectivity index (χ2v) is 7.94. The molecule has 2 aromatic carbocycles. The van der Waals surface area contributed by atoms with E-state index in [0.29, 0.717) is 5.69 Å². The van der Waals surface area contributed by atoms with E-state index < -0.39 is 10.0 Å². The molecule has 0 saturated carbocycles. The molecular weight excluding hydrogens is 308 g/mol. The van der Waals surface area contributed by atoms with Gasteiger partial charge in [-0.1, -0.05) is 29.8 Å². The maximum Gasteiger partial charge on any atom is 0.236 e. The lowest BCUT2D eigenvalue weighted by molar-refractivity contribution is 0.600. The van der Waals surface area contributed by atoms with Crippen molar-refractivity contribution in [3.63, 3.8) is 0 Å². The molecule has 2 aromatic rings. The highest BCUT2D eigenvalue weighted by Gasteiger charge is 2.16. The fourth-order valence-electron chi connectivity index (χ4n) is 2.97. The summed E-state index contributed by atoms with van der Waals surface area (Å²) in [6.07, 6.45) is 2.09. The first-order valence-electron chi connectivity index (χ1n) is 7.83. The molecule has 0 unspecified atom stereocenters. The van der Waals surface area contributed by atoms with E-state index in [-0.39, 0.29) is 5.75 Å². The molecule has 3 rings (SSSR count). The van der Waals surface area contributed by atoms with E-state index in [1.54, 1.807) is 0 Å². The van der Waals surface area contributed by atoms with Crippen LogP contribution in [0.4, 0.5) is 11.4 Å². The van der Waals surface area contributed by atoms with Gasteiger partial charge in [-0.2, -0.15) is 0 Å². The Labute approximate surface area is 138 Å². The highest BCUT2D eigenvalue weighted by Crippen LogP contribution is 2.29. The van der Waals surface area contributed by atoms with Crippen LogP contribution >= 0.6 is 0 Å². The topological polar surface area (TPSA) is 49.4 Å². The van der Waals surface area contributed by atoms with Crippen molar-refractivity contribution in [2.75, 3.05) is 23.2 Å². The molecule has 0 saturated heterocycles. The molecule has 0 aromatic heterocycles. The maximum absolute atomic E-state index is 12.4. The standard InChI is InChI=1S/C18H22N2O2S/c1-14-5-7-15(8-6-14)13-23(21,22)19-17-9-10-18-16(12-17)4-3-11-20(18)2/h5-10,12,19H,3-4,11,13H2,1-2H3. The quantitative estimate of drug-likeness (QED) is 0.935. The Kier molecular flexibility index (Phi) is 4.31. The van der Waals surface area contributed by atoms with E-state index >= 15 is 0 Å². The molecule has 0 bridgehead atoms. The minimum atomic E-state index is -3.40. The molecule has 122 valence electrons. The SMILES string of the molecule is Cc1ccc(CS(=O)(=O)Nc2ccc3c(c2)CCCN3C)cc1. The molecule has 1 aliphatic heterocycles. The van der Waals surface area contributed by atoms with Gasteiger partial charge in [0.25, 0.3) is 0 Å². The number of nitrogens with zero attached hydrogens (tertiary/aromatic N) is 1. The van der Waals surface area contributed by atoms with Gasteiger partial charge in [0.05, 0.1) is 5.75 Å². The lowest BCUT2D eigenvalue weighted by atomic mass is 10.0. The van der Waals surface area contributed by atoms with E-state index in [1.807, 2.05) is 49.4 Å². The molecular formula is C18H22N2O2S. The number of hydrogen-bond donors (Lipinski definition) is 1. The van der Waals surface area contributed by atoms with Crippen molar-refractivity contribution >= 4 is 21.4 Å². The van der Waals surface area contributed by atoms with Crippen LogP contribution in [-0.2, 0) is 22.2 Å². The van der Waals surface area contributed by atoms with Crippen LogP contribution in [0.2, 0.25) is 0 Å². The molecule has 0 aliphatic carbocycles. The van der Waals surface area contributed by atoms with Crippen LogP contribution in [0, 0.1) is 6.92 Å². The summed E-state index contributed by atoms with van der Waals surface area (Å²) >= 11 is 0. The summed E-state index contributed by atoms with van der Waals surface area (Å²) in [5, 5.41) is 0. The van der Waals surface area contributed by atoms with Crippen molar-refractivity contribution in [1.29, 1.82) is 0 Å². The van der Waals surface area contributed by atoms with Gasteiger partial charge in [-0.25, -0.2) is 8.42 Å². The van der Waals surface area contributed by atoms with Gasteiger partial charge in [0.1, 0.15) is 0 Å². The maximum atomic E-state index is 12.4. The van der Waals surface area contributed by atoms with E-state index in [4.69, 9.17) is 0 Å². The molecule has 1 aliphatic rings. The molecule has 0 atom stereocenters. The summed E-state index contributed by atoms with van der Waals surface area (Å²) in [5.74, 6) is -0.00966. The van der Waals surface area contributed by atoms with Gasteiger partial charge < -0.3 is 4.90 Å². The van der Waals surface area contributed by atoms with Gasteiger partial charge in [0, 0.05) is 25.0 Å². The average molecular weight is 330 g/mol. The number of aryl methyl sites for hydroxylation is 2. The van der Waals surface area contributed by atoms with E-state index in [9.17, 15) is 8.42 Å². The van der Waals surface area contributed by atoms with Crippen molar-refractivity contribution in [3.05, 3.63) is 59.2 Å². The minimum absolute atomic E-state index is 0.00966. The Morgan fingerprint density at radius 1 is 1.13 bits per heavy atom. The van der Waals surface area contributed by atoms with E-state index in [0.717, 1.165) is 30.5 Å². The summed E-state index contributed by atoms with van der Waals surface area (Å²) in [5.41, 5.74) is 4.96. The van der Waals surface area contributed by atoms with Gasteiger partial charge in [0.15, 0.2) is 0 Å². The average Bonchev–Trinajstić information content (AvgIpc) is 2.49. The zero-order chi connectivity index (χ0) is 16.4. The van der Waals surface area contributed by atoms with Crippen LogP contribution in [0.25, 0.3) is 0 Å². The summed E-state index contributed by atoms with van der Waals surface area (Å²) in [4.78, 5) is 2.21. The smallest absolute Gasteiger partial charge is 0.236 e. The molecule has 0 amide bonds. The van der Waals surface area contributed by atoms with Crippen LogP contribution in [0.1, 0.15) is 23.1 Å². The number of anilines is 2. The van der Waals surface area contributed by atoms with Crippen molar-refractivity contribution < 1.29 is 8.42 Å². The molecule has 1 heterocycles. The number of nitrogens with one attached hydrogen (secondary N) is 1. The lowest BCUT2D eigenvalue weighted by Crippen LogP contribution is -2.24. The number of rotatable bonds is 4. The highest BCUT2D eigenvalue weighted by atomic mass is 32.2. The van der Waals surface area contributed by atoms with Crippen molar-refractivity contribution in [2.45, 2.75) is 25.5 Å². The van der Waals surface area contributed by atoms with Crippen LogP contribution < -0.4 is 9.62 Å². The van der Waals surface area contributed by atoms with Crippen LogP contribution in [0.15, 0.2) is 42.5 Å². The monoisotopic (exact) mass is 330 g/mol. The summed E-state index contributed by atoms with van der Waals surface area (Å²) in [6.45, 7) is 3.03. The van der Waals surface area contributed by atoms with E-state index in [1.165, 1.54) is 11.3 Å². The van der Waals surface area contributed by atoms with Gasteiger partial charge in [0.2, 0.25) is 10.0 Å². The zero-order valence-electron chi connectivity index (χ0n) is 13.5. The third-order valence-corrected chi connectivity index (χ3v) is 5.44. The summed E-state index contributed by atoms with van der Waals surface area (Å²) in [6, 6.07) is 13.4. The lowest BCUT2D eigenvalue weighted by Gasteiger charge is -2.27. The Bertz CT molecular complexity index is 798. The van der Waals surface area contributed by atoms with Gasteiger partial charge in [-0.15, -0.1) is 0 Å². The third kappa shape index (κ3) is 3.85. The van der Waals surface area contributed by atoms with Gasteiger partial charge in [-0.05, 0) is 49.1 Å². The molecule has 0 spiro atoms. The zero-order valence-corrected chi connectivity index (χ0v) is 14.4. The van der Waals surface area contributed by atoms with Crippen molar-refractivity contribution in [2.24, 2.45) is 0 Å². The van der Waals surface area contributed by atoms with Crippen LogP contribution in [0.5, 0.6) is 0 Å². The molecule has 23 heavy (non-hydrogen) atoms. The Hall–Kier alpha value is -2.01. The Morgan fingerprint density at radius 2 is 1.87 bits per heavy atom. The molecule has 1 N–H and O–H groups in total. The molecule has 0 radical (unpaired) electrons. The minimum Gasteiger partial charge on any atom is -0.374 e. The van der Waals surface area contributed by atoms with E-state index in [2.05, 4.69) is 16.7 Å². The van der Waals surface area contributed by atoms with Crippen LogP contribution in [-0.4, -0.2) is 22.0 Å². The van der Waals surface area contributed by atoms with Crippen molar-refractivity contribution in [3.8, 4) is 0 Å². The first-order chi connectivity index (χ1) is 10.9. The number of fused-ring (bicyclic) bond motifs is 1. The summed E-state index contributed by atoms with van der Waals surface area (Å²) in [7, 11) is -1.34. The van der Waals surface area contributed by atoms with Gasteiger partial charge >= 0.3 is 0 Å². The number of benzene rings is 2. The Balaban J connectivity index is 1.76. The first-order valence-corrected chi connectivity index (χ1v) is 9.48. The normalized spacial score (nSPS) is 14.4. The second-order valence-electron chi connectivity index (χ2n) is 6.22. The number of hydrogen-bond acceptors (Lipinski definition) is 3. The predicted octanol–water partition coefficient (Wildman–Crippen LogP) is 3.32. The fraction of sp³-hybridized carbons (Fsp3) is 0.333. The largest absolute Gasteiger partial charge is 0.374 e. The second kappa shape index (κ2) is 6.24. The molecule has 0 fully saturated rings. The van der Waals surface area contributed by atoms with Gasteiger partial charge in [-0.3, -0.25) is 4.72 Å². The Morgan fingerprint density at radius 3 is 2.61 bits per heavy atom. The highest BCUT2D eigenvalue weighted by molar-refractivity contribution is 7.91. The number of sulfonamides is 1. The predicted molar refractivity (Wildman–Crippen MR) is 95.5 cm³/mol.